The number of nitrogens with zero attached hydrogens (tertiary/aromatic N) is 5. The summed E-state index contributed by atoms with van der Waals surface area (Å²) < 4.78 is 34.1. The van der Waals surface area contributed by atoms with Gasteiger partial charge in [0.25, 0.3) is 0 Å². The molecule has 9 nitrogen and oxygen atoms in total. The van der Waals surface area contributed by atoms with Gasteiger partial charge in [0.2, 0.25) is 5.91 Å². The first-order valence-electron chi connectivity index (χ1n) is 13.6. The molecular formula is C31H37F2N7O2. The van der Waals surface area contributed by atoms with Crippen molar-refractivity contribution in [3.63, 3.8) is 0 Å². The fourth-order valence-corrected chi connectivity index (χ4v) is 4.60. The number of para-hydroxylation sites is 1. The third-order valence-corrected chi connectivity index (χ3v) is 6.86. The van der Waals surface area contributed by atoms with Crippen molar-refractivity contribution in [3.05, 3.63) is 73.1 Å². The van der Waals surface area contributed by atoms with Gasteiger partial charge in [-0.3, -0.25) is 14.8 Å². The lowest BCUT2D eigenvalue weighted by molar-refractivity contribution is -0.111. The number of carbonyl (C=O) groups excluding carboxylic acids is 1. The number of aromatic nitrogens is 1. The summed E-state index contributed by atoms with van der Waals surface area (Å²) in [7, 11) is 5.69. The number of ether oxygens (including phenoxy) is 1. The smallest absolute Gasteiger partial charge is 0.387 e. The molecule has 4 rings (SSSR count). The molecule has 1 saturated carbocycles. The van der Waals surface area contributed by atoms with E-state index in [-0.39, 0.29) is 18.1 Å². The van der Waals surface area contributed by atoms with Crippen molar-refractivity contribution in [1.29, 1.82) is 0 Å². The van der Waals surface area contributed by atoms with Gasteiger partial charge >= 0.3 is 6.61 Å². The van der Waals surface area contributed by atoms with Gasteiger partial charge in [0.05, 0.1) is 22.8 Å². The predicted molar refractivity (Wildman–Crippen MR) is 168 cm³/mol. The van der Waals surface area contributed by atoms with Crippen LogP contribution in [0.1, 0.15) is 24.4 Å². The Bertz CT molecular complexity index is 1490. The molecule has 1 amide bonds. The molecule has 0 bridgehead atoms. The molecule has 1 aliphatic rings. The molecule has 2 aromatic carbocycles. The summed E-state index contributed by atoms with van der Waals surface area (Å²) in [6.45, 7) is 5.33. The van der Waals surface area contributed by atoms with Crippen LogP contribution in [0.15, 0.2) is 77.5 Å². The number of halogens is 2. The summed E-state index contributed by atoms with van der Waals surface area (Å²) in [5.74, 6) is -0.501. The summed E-state index contributed by atoms with van der Waals surface area (Å²) in [4.78, 5) is 24.7. The highest BCUT2D eigenvalue weighted by molar-refractivity contribution is 6.16. The van der Waals surface area contributed by atoms with Crippen LogP contribution < -0.4 is 20.3 Å². The van der Waals surface area contributed by atoms with Crippen molar-refractivity contribution in [2.75, 3.05) is 56.4 Å². The van der Waals surface area contributed by atoms with Crippen molar-refractivity contribution >= 4 is 46.3 Å². The van der Waals surface area contributed by atoms with E-state index < -0.39 is 12.5 Å². The van der Waals surface area contributed by atoms with Crippen molar-refractivity contribution in [3.8, 4) is 5.75 Å². The number of likely N-dealkylation sites (N-methyl/N-ethyl adjacent to an activating group) is 2. The van der Waals surface area contributed by atoms with E-state index in [2.05, 4.69) is 51.8 Å². The SMILES string of the molecule is C=CC(=O)Nc1cc(NC/N=C(\C=C/N=C)c2cn(C3CC3)c3ccccc23)c(OC(F)F)cc1N(C)CCN(C)C. The van der Waals surface area contributed by atoms with E-state index in [9.17, 15) is 13.6 Å². The topological polar surface area (TPSA) is 86.5 Å². The van der Waals surface area contributed by atoms with Crippen LogP contribution in [0.5, 0.6) is 5.75 Å². The summed E-state index contributed by atoms with van der Waals surface area (Å²) in [6.07, 6.45) is 8.84. The maximum Gasteiger partial charge on any atom is 0.387 e. The Morgan fingerprint density at radius 2 is 1.95 bits per heavy atom. The number of hydrogen-bond donors (Lipinski definition) is 2. The first-order valence-corrected chi connectivity index (χ1v) is 13.6. The Balaban J connectivity index is 1.69. The average molecular weight is 578 g/mol. The molecule has 3 aromatic rings. The largest absolute Gasteiger partial charge is 0.433 e. The number of allylic oxidation sites excluding steroid dienone is 1. The molecule has 11 heteroatoms. The van der Waals surface area contributed by atoms with Gasteiger partial charge in [-0.15, -0.1) is 0 Å². The number of aliphatic imine (C=N–C) groups is 2. The van der Waals surface area contributed by atoms with Crippen LogP contribution in [0.25, 0.3) is 10.9 Å². The van der Waals surface area contributed by atoms with Gasteiger partial charge in [-0.05, 0) is 57.9 Å². The van der Waals surface area contributed by atoms with E-state index in [1.807, 2.05) is 43.1 Å². The molecule has 1 aliphatic carbocycles. The molecule has 42 heavy (non-hydrogen) atoms. The summed E-state index contributed by atoms with van der Waals surface area (Å²) >= 11 is 0. The van der Waals surface area contributed by atoms with Gasteiger partial charge < -0.3 is 29.7 Å². The fourth-order valence-electron chi connectivity index (χ4n) is 4.60. The Hall–Kier alpha value is -4.51. The average Bonchev–Trinajstić information content (AvgIpc) is 3.74. The first-order chi connectivity index (χ1) is 20.2. The van der Waals surface area contributed by atoms with Gasteiger partial charge in [-0.1, -0.05) is 24.8 Å². The van der Waals surface area contributed by atoms with E-state index in [1.165, 1.54) is 6.07 Å². The minimum absolute atomic E-state index is 0.0318. The maximum atomic E-state index is 13.5. The van der Waals surface area contributed by atoms with Gasteiger partial charge in [-0.2, -0.15) is 8.78 Å². The molecule has 0 spiro atoms. The third-order valence-electron chi connectivity index (χ3n) is 6.86. The zero-order valence-electron chi connectivity index (χ0n) is 24.2. The number of alkyl halides is 2. The van der Waals surface area contributed by atoms with Crippen LogP contribution >= 0.6 is 0 Å². The highest BCUT2D eigenvalue weighted by Crippen LogP contribution is 2.40. The molecule has 1 aromatic heterocycles. The summed E-state index contributed by atoms with van der Waals surface area (Å²) in [5, 5.41) is 6.93. The standard InChI is InChI=1S/C31H37F2N7O2/c1-6-30(41)37-25-17-26(29(42-31(32)33)18-28(25)39(5)16-15-38(3)4)36-20-35-24(13-14-34-2)23-19-40(21-11-12-21)27-10-8-7-9-22(23)27/h6-10,13-14,17-19,21,31,36H,1-2,11-12,15-16,20H2,3-5H3,(H,37,41)/b14-13-,35-24+. The number of amides is 1. The molecule has 0 saturated heterocycles. The lowest BCUT2D eigenvalue weighted by Crippen LogP contribution is -2.29. The Labute approximate surface area is 244 Å². The molecule has 2 N–H and O–H groups in total. The van der Waals surface area contributed by atoms with Gasteiger partial charge in [0, 0.05) is 61.1 Å². The zero-order valence-corrected chi connectivity index (χ0v) is 24.2. The van der Waals surface area contributed by atoms with Gasteiger partial charge in [0.1, 0.15) is 6.67 Å². The second-order valence-corrected chi connectivity index (χ2v) is 10.2. The number of fused-ring (bicyclic) bond motifs is 1. The molecular weight excluding hydrogens is 540 g/mol. The normalized spacial score (nSPS) is 13.6. The minimum atomic E-state index is -3.05. The van der Waals surface area contributed by atoms with Crippen molar-refractivity contribution in [2.45, 2.75) is 25.5 Å². The summed E-state index contributed by atoms with van der Waals surface area (Å²) in [5.41, 5.74) is 3.89. The lowest BCUT2D eigenvalue weighted by atomic mass is 10.1. The lowest BCUT2D eigenvalue weighted by Gasteiger charge is -2.26. The zero-order chi connectivity index (χ0) is 30.2. The number of hydrogen-bond acceptors (Lipinski definition) is 7. The Morgan fingerprint density at radius 3 is 2.62 bits per heavy atom. The number of carbonyl (C=O) groups is 1. The highest BCUT2D eigenvalue weighted by atomic mass is 19.3. The van der Waals surface area contributed by atoms with E-state index in [1.54, 1.807) is 18.3 Å². The number of benzene rings is 2. The maximum absolute atomic E-state index is 13.5. The number of anilines is 3. The molecule has 0 atom stereocenters. The molecule has 1 heterocycles. The van der Waals surface area contributed by atoms with Crippen LogP contribution in [0.4, 0.5) is 25.8 Å². The molecule has 0 aliphatic heterocycles. The van der Waals surface area contributed by atoms with E-state index in [0.29, 0.717) is 36.2 Å². The van der Waals surface area contributed by atoms with E-state index in [0.717, 1.165) is 35.4 Å². The predicted octanol–water partition coefficient (Wildman–Crippen LogP) is 5.77. The summed E-state index contributed by atoms with van der Waals surface area (Å²) in [6, 6.07) is 11.7. The molecule has 0 radical (unpaired) electrons. The second kappa shape index (κ2) is 13.9. The second-order valence-electron chi connectivity index (χ2n) is 10.2. The van der Waals surface area contributed by atoms with E-state index >= 15 is 0 Å². The van der Waals surface area contributed by atoms with E-state index in [4.69, 9.17) is 9.73 Å². The van der Waals surface area contributed by atoms with Gasteiger partial charge in [-0.25, -0.2) is 0 Å². The van der Waals surface area contributed by atoms with Crippen molar-refractivity contribution in [1.82, 2.24) is 9.47 Å². The Morgan fingerprint density at radius 1 is 1.19 bits per heavy atom. The first kappa shape index (κ1) is 30.4. The molecule has 222 valence electrons. The molecule has 1 fully saturated rings. The van der Waals surface area contributed by atoms with Crippen LogP contribution in [-0.2, 0) is 4.79 Å². The van der Waals surface area contributed by atoms with Gasteiger partial charge in [0.15, 0.2) is 5.75 Å². The highest BCUT2D eigenvalue weighted by Gasteiger charge is 2.26. The number of nitrogens with one attached hydrogen (secondary N) is 2. The minimum Gasteiger partial charge on any atom is -0.433 e. The Kier molecular flexibility index (Phi) is 10.1. The molecule has 0 unspecified atom stereocenters. The van der Waals surface area contributed by atoms with Crippen molar-refractivity contribution < 1.29 is 18.3 Å². The quantitative estimate of drug-likeness (QED) is 0.177. The fraction of sp³-hybridized carbons (Fsp3) is 0.323. The monoisotopic (exact) mass is 577 g/mol. The van der Waals surface area contributed by atoms with Crippen LogP contribution in [0.3, 0.4) is 0 Å². The third kappa shape index (κ3) is 7.61. The van der Waals surface area contributed by atoms with Crippen LogP contribution in [0, 0.1) is 0 Å². The van der Waals surface area contributed by atoms with Crippen molar-refractivity contribution in [2.24, 2.45) is 9.98 Å². The number of rotatable bonds is 15. The van der Waals surface area contributed by atoms with Crippen LogP contribution in [0.2, 0.25) is 0 Å². The van der Waals surface area contributed by atoms with Crippen LogP contribution in [-0.4, -0.2) is 75.3 Å².